The molecule has 0 radical (unpaired) electrons. The first-order chi connectivity index (χ1) is 9.15. The molecule has 104 valence electrons. The lowest BCUT2D eigenvalue weighted by atomic mass is 10.1. The van der Waals surface area contributed by atoms with Crippen LogP contribution in [0.2, 0.25) is 0 Å². The number of aryl methyl sites for hydroxylation is 1. The average Bonchev–Trinajstić information content (AvgIpc) is 2.83. The van der Waals surface area contributed by atoms with E-state index in [4.69, 9.17) is 5.11 Å². The van der Waals surface area contributed by atoms with Crippen molar-refractivity contribution in [3.8, 4) is 0 Å². The molecule has 2 rings (SSSR count). The van der Waals surface area contributed by atoms with Gasteiger partial charge in [-0.15, -0.1) is 0 Å². The van der Waals surface area contributed by atoms with E-state index in [2.05, 4.69) is 4.90 Å². The Morgan fingerprint density at radius 3 is 3.00 bits per heavy atom. The Bertz CT molecular complexity index is 462. The highest BCUT2D eigenvalue weighted by Gasteiger charge is 2.30. The van der Waals surface area contributed by atoms with Crippen LogP contribution in [0.4, 0.5) is 11.4 Å². The standard InChI is InChI=1S/C14H20N2O3/c1-11-5-2-8-13(14(11)16(18)19)15-9-3-6-12(15)7-4-10-17/h2,5,8,12,17H,3-4,6-7,9-10H2,1H3. The molecule has 0 spiro atoms. The monoisotopic (exact) mass is 264 g/mol. The van der Waals surface area contributed by atoms with E-state index in [1.165, 1.54) is 0 Å². The fourth-order valence-electron chi connectivity index (χ4n) is 2.89. The maximum Gasteiger partial charge on any atom is 0.295 e. The quantitative estimate of drug-likeness (QED) is 0.656. The van der Waals surface area contributed by atoms with Crippen molar-refractivity contribution in [3.05, 3.63) is 33.9 Å². The zero-order valence-corrected chi connectivity index (χ0v) is 11.2. The van der Waals surface area contributed by atoms with Gasteiger partial charge in [0.1, 0.15) is 5.69 Å². The smallest absolute Gasteiger partial charge is 0.295 e. The Balaban J connectivity index is 2.30. The van der Waals surface area contributed by atoms with E-state index in [0.29, 0.717) is 11.6 Å². The van der Waals surface area contributed by atoms with Gasteiger partial charge in [-0.1, -0.05) is 12.1 Å². The lowest BCUT2D eigenvalue weighted by Crippen LogP contribution is -2.30. The van der Waals surface area contributed by atoms with Crippen molar-refractivity contribution in [2.24, 2.45) is 0 Å². The Hall–Kier alpha value is -1.62. The summed E-state index contributed by atoms with van der Waals surface area (Å²) >= 11 is 0. The number of rotatable bonds is 5. The summed E-state index contributed by atoms with van der Waals surface area (Å²) in [4.78, 5) is 13.1. The lowest BCUT2D eigenvalue weighted by molar-refractivity contribution is -0.384. The lowest BCUT2D eigenvalue weighted by Gasteiger charge is -2.26. The number of hydrogen-bond donors (Lipinski definition) is 1. The van der Waals surface area contributed by atoms with Crippen LogP contribution < -0.4 is 4.90 Å². The van der Waals surface area contributed by atoms with E-state index in [0.717, 1.165) is 37.9 Å². The molecule has 1 aromatic rings. The van der Waals surface area contributed by atoms with Crippen molar-refractivity contribution in [1.29, 1.82) is 0 Å². The summed E-state index contributed by atoms with van der Waals surface area (Å²) in [5.74, 6) is 0. The highest BCUT2D eigenvalue weighted by Crippen LogP contribution is 2.36. The summed E-state index contributed by atoms with van der Waals surface area (Å²) in [6, 6.07) is 5.80. The van der Waals surface area contributed by atoms with Crippen LogP contribution in [0.15, 0.2) is 18.2 Å². The molecule has 0 amide bonds. The molecule has 0 aromatic heterocycles. The number of nitro benzene ring substituents is 1. The number of para-hydroxylation sites is 1. The van der Waals surface area contributed by atoms with Gasteiger partial charge < -0.3 is 10.0 Å². The predicted octanol–water partition coefficient (Wildman–Crippen LogP) is 2.64. The van der Waals surface area contributed by atoms with Crippen LogP contribution in [-0.2, 0) is 0 Å². The summed E-state index contributed by atoms with van der Waals surface area (Å²) in [7, 11) is 0. The van der Waals surface area contributed by atoms with E-state index in [9.17, 15) is 10.1 Å². The fraction of sp³-hybridized carbons (Fsp3) is 0.571. The second-order valence-corrected chi connectivity index (χ2v) is 5.06. The first kappa shape index (κ1) is 13.8. The van der Waals surface area contributed by atoms with E-state index in [1.807, 2.05) is 12.1 Å². The molecule has 1 aromatic carbocycles. The van der Waals surface area contributed by atoms with Crippen molar-refractivity contribution in [1.82, 2.24) is 0 Å². The molecule has 1 aliphatic heterocycles. The van der Waals surface area contributed by atoms with E-state index < -0.39 is 0 Å². The normalized spacial score (nSPS) is 18.8. The molecule has 1 fully saturated rings. The third kappa shape index (κ3) is 2.87. The maximum absolute atomic E-state index is 11.3. The molecule has 1 saturated heterocycles. The molecule has 1 N–H and O–H groups in total. The minimum Gasteiger partial charge on any atom is -0.396 e. The number of hydrogen-bond acceptors (Lipinski definition) is 4. The van der Waals surface area contributed by atoms with E-state index >= 15 is 0 Å². The minimum atomic E-state index is -0.286. The summed E-state index contributed by atoms with van der Waals surface area (Å²) < 4.78 is 0. The minimum absolute atomic E-state index is 0.181. The number of nitrogens with zero attached hydrogens (tertiary/aromatic N) is 2. The van der Waals surface area contributed by atoms with Gasteiger partial charge in [0.05, 0.1) is 4.92 Å². The van der Waals surface area contributed by atoms with Gasteiger partial charge >= 0.3 is 0 Å². The van der Waals surface area contributed by atoms with Crippen LogP contribution in [0.1, 0.15) is 31.2 Å². The van der Waals surface area contributed by atoms with Crippen LogP contribution in [0.3, 0.4) is 0 Å². The average molecular weight is 264 g/mol. The zero-order chi connectivity index (χ0) is 13.8. The van der Waals surface area contributed by atoms with Gasteiger partial charge in [-0.3, -0.25) is 10.1 Å². The second kappa shape index (κ2) is 6.02. The third-order valence-electron chi connectivity index (χ3n) is 3.78. The first-order valence-electron chi connectivity index (χ1n) is 6.76. The predicted molar refractivity (Wildman–Crippen MR) is 74.5 cm³/mol. The molecule has 0 bridgehead atoms. The molecule has 5 heteroatoms. The number of nitro groups is 1. The van der Waals surface area contributed by atoms with Crippen molar-refractivity contribution in [3.63, 3.8) is 0 Å². The number of aliphatic hydroxyl groups excluding tert-OH is 1. The highest BCUT2D eigenvalue weighted by molar-refractivity contribution is 5.67. The first-order valence-corrected chi connectivity index (χ1v) is 6.76. The molecule has 1 heterocycles. The highest BCUT2D eigenvalue weighted by atomic mass is 16.6. The Morgan fingerprint density at radius 2 is 2.32 bits per heavy atom. The van der Waals surface area contributed by atoms with Crippen molar-refractivity contribution >= 4 is 11.4 Å². The fourth-order valence-corrected chi connectivity index (χ4v) is 2.89. The molecular formula is C14H20N2O3. The summed E-state index contributed by atoms with van der Waals surface area (Å²) in [6.07, 6.45) is 3.74. The molecule has 1 aliphatic rings. The van der Waals surface area contributed by atoms with Gasteiger partial charge in [-0.2, -0.15) is 0 Å². The number of benzene rings is 1. The van der Waals surface area contributed by atoms with Crippen LogP contribution >= 0.6 is 0 Å². The van der Waals surface area contributed by atoms with E-state index in [-0.39, 0.29) is 17.2 Å². The molecule has 5 nitrogen and oxygen atoms in total. The van der Waals surface area contributed by atoms with Crippen molar-refractivity contribution < 1.29 is 10.0 Å². The number of anilines is 1. The van der Waals surface area contributed by atoms with Gasteiger partial charge in [-0.25, -0.2) is 0 Å². The largest absolute Gasteiger partial charge is 0.396 e. The zero-order valence-electron chi connectivity index (χ0n) is 11.2. The van der Waals surface area contributed by atoms with Crippen LogP contribution in [0.25, 0.3) is 0 Å². The topological polar surface area (TPSA) is 66.6 Å². The number of aliphatic hydroxyl groups is 1. The van der Waals surface area contributed by atoms with Crippen LogP contribution in [0.5, 0.6) is 0 Å². The maximum atomic E-state index is 11.3. The summed E-state index contributed by atoms with van der Waals surface area (Å²) in [6.45, 7) is 2.82. The van der Waals surface area contributed by atoms with E-state index in [1.54, 1.807) is 13.0 Å². The van der Waals surface area contributed by atoms with Crippen molar-refractivity contribution in [2.45, 2.75) is 38.6 Å². The molecule has 1 atom stereocenters. The molecule has 0 aliphatic carbocycles. The second-order valence-electron chi connectivity index (χ2n) is 5.06. The van der Waals surface area contributed by atoms with Crippen LogP contribution in [-0.4, -0.2) is 29.2 Å². The van der Waals surface area contributed by atoms with Gasteiger partial charge in [0.2, 0.25) is 0 Å². The van der Waals surface area contributed by atoms with Crippen molar-refractivity contribution in [2.75, 3.05) is 18.1 Å². The molecule has 0 saturated carbocycles. The van der Waals surface area contributed by atoms with Crippen LogP contribution in [0, 0.1) is 17.0 Å². The SMILES string of the molecule is Cc1cccc(N2CCCC2CCCO)c1[N+](=O)[O-]. The third-order valence-corrected chi connectivity index (χ3v) is 3.78. The molecular weight excluding hydrogens is 244 g/mol. The molecule has 1 unspecified atom stereocenters. The van der Waals surface area contributed by atoms with Gasteiger partial charge in [0, 0.05) is 24.8 Å². The van der Waals surface area contributed by atoms with Gasteiger partial charge in [0.15, 0.2) is 0 Å². The molecule has 19 heavy (non-hydrogen) atoms. The van der Waals surface area contributed by atoms with Gasteiger partial charge in [-0.05, 0) is 38.7 Å². The Labute approximate surface area is 113 Å². The van der Waals surface area contributed by atoms with Gasteiger partial charge in [0.25, 0.3) is 5.69 Å². The Kier molecular flexibility index (Phi) is 4.37. The Morgan fingerprint density at radius 1 is 1.53 bits per heavy atom. The summed E-state index contributed by atoms with van der Waals surface area (Å²) in [5, 5.41) is 20.2. The summed E-state index contributed by atoms with van der Waals surface area (Å²) in [5.41, 5.74) is 1.65.